The third-order valence-electron chi connectivity index (χ3n) is 3.11. The monoisotopic (exact) mass is 278 g/mol. The fraction of sp³-hybridized carbons (Fsp3) is 0.429. The Balaban J connectivity index is 2.03. The van der Waals surface area contributed by atoms with Gasteiger partial charge in [-0.2, -0.15) is 11.8 Å². The van der Waals surface area contributed by atoms with Crippen LogP contribution in [-0.2, 0) is 16.1 Å². The summed E-state index contributed by atoms with van der Waals surface area (Å²) < 4.78 is 0. The van der Waals surface area contributed by atoms with Crippen LogP contribution in [0.25, 0.3) is 0 Å². The largest absolute Gasteiger partial charge is 0.343 e. The molecule has 5 heteroatoms. The molecule has 1 saturated heterocycles. The highest BCUT2D eigenvalue weighted by Gasteiger charge is 2.31. The molecule has 4 nitrogen and oxygen atoms in total. The van der Waals surface area contributed by atoms with E-state index < -0.39 is 0 Å². The minimum Gasteiger partial charge on any atom is -0.343 e. The van der Waals surface area contributed by atoms with E-state index in [9.17, 15) is 9.59 Å². The molecular formula is C14H18N2O2S. The van der Waals surface area contributed by atoms with E-state index in [4.69, 9.17) is 0 Å². The number of hydrogen-bond acceptors (Lipinski definition) is 3. The Labute approximate surface area is 117 Å². The Bertz CT molecular complexity index is 450. The summed E-state index contributed by atoms with van der Waals surface area (Å²) >= 11 is 1.68. The van der Waals surface area contributed by atoms with Gasteiger partial charge in [0.25, 0.3) is 0 Å². The summed E-state index contributed by atoms with van der Waals surface area (Å²) in [6.07, 6.45) is 2.69. The van der Waals surface area contributed by atoms with Crippen LogP contribution >= 0.6 is 11.8 Å². The average Bonchev–Trinajstić information content (AvgIpc) is 2.42. The van der Waals surface area contributed by atoms with Crippen LogP contribution in [0.3, 0.4) is 0 Å². The summed E-state index contributed by atoms with van der Waals surface area (Å²) in [5, 5.41) is 2.77. The van der Waals surface area contributed by atoms with E-state index in [0.29, 0.717) is 13.0 Å². The lowest BCUT2D eigenvalue weighted by Gasteiger charge is -2.32. The molecule has 1 unspecified atom stereocenters. The van der Waals surface area contributed by atoms with Crippen molar-refractivity contribution in [3.05, 3.63) is 35.9 Å². The molecule has 2 rings (SSSR count). The molecule has 0 saturated carbocycles. The van der Waals surface area contributed by atoms with E-state index in [2.05, 4.69) is 5.32 Å². The van der Waals surface area contributed by atoms with Crippen molar-refractivity contribution in [2.24, 2.45) is 0 Å². The molecule has 1 aliphatic heterocycles. The van der Waals surface area contributed by atoms with Crippen molar-refractivity contribution in [1.82, 2.24) is 10.2 Å². The summed E-state index contributed by atoms with van der Waals surface area (Å²) in [4.78, 5) is 25.6. The minimum atomic E-state index is -0.364. The number of amides is 2. The molecular weight excluding hydrogens is 260 g/mol. The van der Waals surface area contributed by atoms with Crippen molar-refractivity contribution in [1.29, 1.82) is 0 Å². The molecule has 1 N–H and O–H groups in total. The number of thioether (sulfide) groups is 1. The van der Waals surface area contributed by atoms with E-state index in [1.807, 2.05) is 36.6 Å². The molecule has 2 amide bonds. The standard InChI is InChI=1S/C14H18N2O2S/c1-19-8-7-12-14(18)16(10-13(17)15-12)9-11-5-3-2-4-6-11/h2-6,12H,7-10H2,1H3,(H,15,17). The van der Waals surface area contributed by atoms with Gasteiger partial charge in [-0.05, 0) is 24.0 Å². The summed E-state index contributed by atoms with van der Waals surface area (Å²) in [5.41, 5.74) is 1.05. The van der Waals surface area contributed by atoms with E-state index >= 15 is 0 Å². The predicted molar refractivity (Wildman–Crippen MR) is 76.8 cm³/mol. The fourth-order valence-corrected chi connectivity index (χ4v) is 2.61. The molecule has 0 aliphatic carbocycles. The molecule has 0 radical (unpaired) electrons. The van der Waals surface area contributed by atoms with Gasteiger partial charge in [-0.25, -0.2) is 0 Å². The number of hydrogen-bond donors (Lipinski definition) is 1. The van der Waals surface area contributed by atoms with Gasteiger partial charge in [-0.15, -0.1) is 0 Å². The van der Waals surface area contributed by atoms with Crippen molar-refractivity contribution in [2.45, 2.75) is 19.0 Å². The molecule has 1 aliphatic rings. The minimum absolute atomic E-state index is 0.0255. The molecule has 102 valence electrons. The number of benzene rings is 1. The van der Waals surface area contributed by atoms with Crippen LogP contribution in [0.4, 0.5) is 0 Å². The Morgan fingerprint density at radius 3 is 2.74 bits per heavy atom. The van der Waals surface area contributed by atoms with Gasteiger partial charge in [0.15, 0.2) is 0 Å². The predicted octanol–water partition coefficient (Wildman–Crippen LogP) is 1.27. The van der Waals surface area contributed by atoms with Gasteiger partial charge in [0.2, 0.25) is 11.8 Å². The second-order valence-corrected chi connectivity index (χ2v) is 5.57. The summed E-state index contributed by atoms with van der Waals surface area (Å²) in [7, 11) is 0. The van der Waals surface area contributed by atoms with Crippen LogP contribution in [0.5, 0.6) is 0 Å². The van der Waals surface area contributed by atoms with Crippen LogP contribution in [0.15, 0.2) is 30.3 Å². The third kappa shape index (κ3) is 3.73. The highest BCUT2D eigenvalue weighted by Crippen LogP contribution is 2.12. The number of carbonyl (C=O) groups excluding carboxylic acids is 2. The molecule has 19 heavy (non-hydrogen) atoms. The smallest absolute Gasteiger partial charge is 0.245 e. The zero-order valence-corrected chi connectivity index (χ0v) is 11.8. The van der Waals surface area contributed by atoms with E-state index in [1.165, 1.54) is 0 Å². The van der Waals surface area contributed by atoms with E-state index in [1.54, 1.807) is 16.7 Å². The SMILES string of the molecule is CSCCC1NC(=O)CN(Cc2ccccc2)C1=O. The molecule has 0 aromatic heterocycles. The van der Waals surface area contributed by atoms with Gasteiger partial charge in [0.1, 0.15) is 6.04 Å². The van der Waals surface area contributed by atoms with Gasteiger partial charge in [0, 0.05) is 6.54 Å². The summed E-state index contributed by atoms with van der Waals surface area (Å²) in [5.74, 6) is 0.828. The number of rotatable bonds is 5. The lowest BCUT2D eigenvalue weighted by atomic mass is 10.1. The molecule has 1 aromatic carbocycles. The first kappa shape index (κ1) is 13.9. The van der Waals surface area contributed by atoms with E-state index in [0.717, 1.165) is 11.3 Å². The normalized spacial score (nSPS) is 19.4. The Kier molecular flexibility index (Phi) is 4.85. The van der Waals surface area contributed by atoms with Crippen LogP contribution < -0.4 is 5.32 Å². The second kappa shape index (κ2) is 6.61. The summed E-state index contributed by atoms with van der Waals surface area (Å²) in [6.45, 7) is 0.659. The first-order valence-corrected chi connectivity index (χ1v) is 7.71. The van der Waals surface area contributed by atoms with Crippen molar-refractivity contribution in [2.75, 3.05) is 18.6 Å². The third-order valence-corrected chi connectivity index (χ3v) is 3.75. The van der Waals surface area contributed by atoms with Crippen LogP contribution in [0, 0.1) is 0 Å². The maximum Gasteiger partial charge on any atom is 0.245 e. The first-order chi connectivity index (χ1) is 9.20. The Morgan fingerprint density at radius 1 is 1.32 bits per heavy atom. The van der Waals surface area contributed by atoms with E-state index in [-0.39, 0.29) is 24.4 Å². The maximum atomic E-state index is 12.3. The zero-order valence-electron chi connectivity index (χ0n) is 11.0. The number of nitrogens with one attached hydrogen (secondary N) is 1. The Hall–Kier alpha value is -1.49. The van der Waals surface area contributed by atoms with Crippen LogP contribution in [0.1, 0.15) is 12.0 Å². The van der Waals surface area contributed by atoms with Gasteiger partial charge < -0.3 is 10.2 Å². The highest BCUT2D eigenvalue weighted by atomic mass is 32.2. The number of nitrogens with zero attached hydrogens (tertiary/aromatic N) is 1. The van der Waals surface area contributed by atoms with Gasteiger partial charge >= 0.3 is 0 Å². The molecule has 0 bridgehead atoms. The molecule has 1 aromatic rings. The molecule has 1 heterocycles. The topological polar surface area (TPSA) is 49.4 Å². The van der Waals surface area contributed by atoms with Crippen LogP contribution in [-0.4, -0.2) is 41.3 Å². The quantitative estimate of drug-likeness (QED) is 0.882. The van der Waals surface area contributed by atoms with Crippen molar-refractivity contribution in [3.63, 3.8) is 0 Å². The molecule has 1 fully saturated rings. The van der Waals surface area contributed by atoms with Gasteiger partial charge in [-0.3, -0.25) is 9.59 Å². The fourth-order valence-electron chi connectivity index (χ4n) is 2.14. The average molecular weight is 278 g/mol. The van der Waals surface area contributed by atoms with Crippen molar-refractivity contribution in [3.8, 4) is 0 Å². The lowest BCUT2D eigenvalue weighted by Crippen LogP contribution is -2.57. The molecule has 0 spiro atoms. The Morgan fingerprint density at radius 2 is 2.05 bits per heavy atom. The molecule has 1 atom stereocenters. The van der Waals surface area contributed by atoms with Crippen LogP contribution in [0.2, 0.25) is 0 Å². The maximum absolute atomic E-state index is 12.3. The number of piperazine rings is 1. The van der Waals surface area contributed by atoms with Crippen molar-refractivity contribution < 1.29 is 9.59 Å². The first-order valence-electron chi connectivity index (χ1n) is 6.31. The van der Waals surface area contributed by atoms with Gasteiger partial charge in [0.05, 0.1) is 6.54 Å². The van der Waals surface area contributed by atoms with Crippen molar-refractivity contribution >= 4 is 23.6 Å². The second-order valence-electron chi connectivity index (χ2n) is 4.58. The number of carbonyl (C=O) groups is 2. The summed E-state index contributed by atoms with van der Waals surface area (Å²) in [6, 6.07) is 9.39. The van der Waals surface area contributed by atoms with Gasteiger partial charge in [-0.1, -0.05) is 30.3 Å². The zero-order chi connectivity index (χ0) is 13.7. The lowest BCUT2D eigenvalue weighted by molar-refractivity contribution is -0.144. The highest BCUT2D eigenvalue weighted by molar-refractivity contribution is 7.98.